The van der Waals surface area contributed by atoms with Crippen molar-refractivity contribution >= 4 is 41.2 Å². The lowest BCUT2D eigenvalue weighted by atomic mass is 9.76. The van der Waals surface area contributed by atoms with E-state index in [2.05, 4.69) is 60.9 Å². The molecule has 0 spiro atoms. The van der Waals surface area contributed by atoms with E-state index in [9.17, 15) is 19.2 Å². The molecule has 1 unspecified atom stereocenters. The summed E-state index contributed by atoms with van der Waals surface area (Å²) in [6.07, 6.45) is 16.9. The molecule has 1 saturated carbocycles. The lowest BCUT2D eigenvalue weighted by Crippen LogP contribution is -2.56. The fourth-order valence-corrected chi connectivity index (χ4v) is 9.83. The molecule has 0 aromatic heterocycles. The molecule has 4 aliphatic rings. The van der Waals surface area contributed by atoms with E-state index in [0.717, 1.165) is 55.4 Å². The van der Waals surface area contributed by atoms with Crippen LogP contribution in [-0.4, -0.2) is 75.7 Å². The van der Waals surface area contributed by atoms with E-state index in [0.29, 0.717) is 25.8 Å². The van der Waals surface area contributed by atoms with Crippen LogP contribution in [0, 0.1) is 17.8 Å². The molecule has 10 heteroatoms. The number of alkyl carbamates (subject to hydrolysis) is 1. The summed E-state index contributed by atoms with van der Waals surface area (Å²) in [6, 6.07) is 8.62. The third-order valence-electron chi connectivity index (χ3n) is 10.8. The Labute approximate surface area is 314 Å². The second kappa shape index (κ2) is 17.1. The molecular formula is C42H59N3O6S. The highest BCUT2D eigenvalue weighted by atomic mass is 32.2. The fourth-order valence-electron chi connectivity index (χ4n) is 8.00. The van der Waals surface area contributed by atoms with Crippen LogP contribution in [-0.2, 0) is 23.9 Å². The minimum Gasteiger partial charge on any atom is -0.464 e. The number of esters is 1. The highest BCUT2D eigenvalue weighted by Crippen LogP contribution is 2.51. The van der Waals surface area contributed by atoms with Gasteiger partial charge in [0, 0.05) is 17.2 Å². The maximum absolute atomic E-state index is 14.9. The smallest absolute Gasteiger partial charge is 0.408 e. The van der Waals surface area contributed by atoms with Crippen molar-refractivity contribution in [1.29, 1.82) is 0 Å². The van der Waals surface area contributed by atoms with Crippen LogP contribution in [0.25, 0.3) is 5.57 Å². The van der Waals surface area contributed by atoms with Gasteiger partial charge in [-0.1, -0.05) is 93.8 Å². The first-order chi connectivity index (χ1) is 24.8. The Kier molecular flexibility index (Phi) is 13.0. The van der Waals surface area contributed by atoms with E-state index in [1.165, 1.54) is 0 Å². The van der Waals surface area contributed by atoms with Crippen molar-refractivity contribution in [2.75, 3.05) is 18.9 Å². The lowest BCUT2D eigenvalue weighted by Gasteiger charge is -2.40. The number of carbonyl (C=O) groups is 4. The van der Waals surface area contributed by atoms with Crippen molar-refractivity contribution in [3.8, 4) is 0 Å². The first-order valence-corrected chi connectivity index (χ1v) is 20.4. The Morgan fingerprint density at radius 3 is 2.52 bits per heavy atom. The van der Waals surface area contributed by atoms with Crippen LogP contribution in [0.2, 0.25) is 0 Å². The molecule has 9 nitrogen and oxygen atoms in total. The Balaban J connectivity index is 1.54. The minimum absolute atomic E-state index is 0.0356. The van der Waals surface area contributed by atoms with E-state index in [1.54, 1.807) is 32.6 Å². The zero-order valence-electron chi connectivity index (χ0n) is 32.0. The summed E-state index contributed by atoms with van der Waals surface area (Å²) in [7, 11) is 0. The first-order valence-electron chi connectivity index (χ1n) is 19.4. The summed E-state index contributed by atoms with van der Waals surface area (Å²) in [5.74, 6) is -0.193. The van der Waals surface area contributed by atoms with Crippen LogP contribution < -0.4 is 10.6 Å². The van der Waals surface area contributed by atoms with Gasteiger partial charge in [0.15, 0.2) is 0 Å². The average molecular weight is 734 g/mol. The molecule has 7 atom stereocenters. The number of hydrogen-bond donors (Lipinski definition) is 2. The summed E-state index contributed by atoms with van der Waals surface area (Å²) in [5, 5.41) is 6.03. The van der Waals surface area contributed by atoms with E-state index >= 15 is 0 Å². The number of nitrogens with one attached hydrogen (secondary N) is 2. The summed E-state index contributed by atoms with van der Waals surface area (Å²) < 4.78 is 10.6. The third-order valence-corrected chi connectivity index (χ3v) is 12.4. The van der Waals surface area contributed by atoms with Gasteiger partial charge in [-0.05, 0) is 94.9 Å². The minimum atomic E-state index is -1.15. The number of amides is 3. The van der Waals surface area contributed by atoms with Gasteiger partial charge in [0.25, 0.3) is 0 Å². The monoisotopic (exact) mass is 733 g/mol. The Morgan fingerprint density at radius 2 is 1.83 bits per heavy atom. The van der Waals surface area contributed by atoms with Crippen molar-refractivity contribution < 1.29 is 28.7 Å². The second-order valence-electron chi connectivity index (χ2n) is 15.9. The number of hydrogen-bond acceptors (Lipinski definition) is 7. The van der Waals surface area contributed by atoms with Gasteiger partial charge in [0.1, 0.15) is 23.2 Å². The molecule has 2 fully saturated rings. The number of thioether (sulfide) groups is 1. The normalized spacial score (nSPS) is 31.5. The molecule has 2 aliphatic heterocycles. The first kappa shape index (κ1) is 39.7. The maximum Gasteiger partial charge on any atom is 0.408 e. The molecule has 284 valence electrons. The number of rotatable bonds is 9. The SMILES string of the molecule is CCCCS[C@@]1([C@@H]2C=CC(c3ccccc3)=CC2C)C[C@H]2C(=O)N[C@]3(C(=O)OCC)C[C@H]3/C=C\CCCCC[C@H](NC(=O)OC(C)(C)C)C(=O)N2C1. The van der Waals surface area contributed by atoms with E-state index in [-0.39, 0.29) is 36.2 Å². The van der Waals surface area contributed by atoms with Gasteiger partial charge in [0.2, 0.25) is 11.8 Å². The average Bonchev–Trinajstić information content (AvgIpc) is 3.65. The van der Waals surface area contributed by atoms with Crippen LogP contribution in [0.4, 0.5) is 4.79 Å². The quantitative estimate of drug-likeness (QED) is 0.153. The molecule has 0 radical (unpaired) electrons. The van der Waals surface area contributed by atoms with Crippen LogP contribution in [0.15, 0.2) is 60.7 Å². The van der Waals surface area contributed by atoms with E-state index in [4.69, 9.17) is 9.47 Å². The third kappa shape index (κ3) is 9.33. The fraction of sp³-hybridized carbons (Fsp3) is 0.619. The molecule has 3 amide bonds. The number of allylic oxidation sites excluding steroid dienone is 5. The molecule has 2 aliphatic carbocycles. The van der Waals surface area contributed by atoms with Crippen LogP contribution >= 0.6 is 11.8 Å². The van der Waals surface area contributed by atoms with Gasteiger partial charge >= 0.3 is 12.1 Å². The Hall–Kier alpha value is -3.53. The van der Waals surface area contributed by atoms with Crippen LogP contribution in [0.1, 0.15) is 105 Å². The second-order valence-corrected chi connectivity index (χ2v) is 17.5. The number of nitrogens with zero attached hydrogens (tertiary/aromatic N) is 1. The standard InChI is InChI=1S/C42H59N3O6S/c1-7-9-24-52-41(33-23-22-31(25-29(33)3)30-18-14-13-15-19-30)27-35-36(46)44-42(38(48)50-8-2)26-32(42)20-16-11-10-12-17-21-34(37(47)45(35)28-41)43-39(49)51-40(4,5)6/h13-16,18-20,22-23,25,29,32-35H,7-12,17,21,24,26-28H2,1-6H3,(H,43,49)(H,44,46)/b20-16-/t29?,32-,33-,34+,35+,41+,42-/m1/s1. The summed E-state index contributed by atoms with van der Waals surface area (Å²) in [6.45, 7) is 12.1. The predicted molar refractivity (Wildman–Crippen MR) is 207 cm³/mol. The molecule has 0 bridgehead atoms. The molecular weight excluding hydrogens is 675 g/mol. The summed E-state index contributed by atoms with van der Waals surface area (Å²) >= 11 is 1.85. The number of unbranched alkanes of at least 4 members (excludes halogenated alkanes) is 1. The van der Waals surface area contributed by atoms with Gasteiger partial charge in [-0.3, -0.25) is 9.59 Å². The van der Waals surface area contributed by atoms with Crippen molar-refractivity contribution in [1.82, 2.24) is 15.5 Å². The number of benzene rings is 1. The molecule has 1 saturated heterocycles. The Bertz CT molecular complexity index is 1540. The number of carbonyl (C=O) groups excluding carboxylic acids is 4. The largest absolute Gasteiger partial charge is 0.464 e. The van der Waals surface area contributed by atoms with Crippen LogP contribution in [0.5, 0.6) is 0 Å². The molecule has 2 N–H and O–H groups in total. The molecule has 2 heterocycles. The van der Waals surface area contributed by atoms with Gasteiger partial charge in [-0.25, -0.2) is 9.59 Å². The maximum atomic E-state index is 14.9. The van der Waals surface area contributed by atoms with Gasteiger partial charge in [-0.15, -0.1) is 0 Å². The van der Waals surface area contributed by atoms with Gasteiger partial charge in [0.05, 0.1) is 6.61 Å². The van der Waals surface area contributed by atoms with Crippen LogP contribution in [0.3, 0.4) is 0 Å². The highest BCUT2D eigenvalue weighted by molar-refractivity contribution is 8.00. The van der Waals surface area contributed by atoms with Crippen molar-refractivity contribution in [3.05, 3.63) is 66.3 Å². The topological polar surface area (TPSA) is 114 Å². The van der Waals surface area contributed by atoms with Crippen molar-refractivity contribution in [2.45, 2.75) is 127 Å². The van der Waals surface area contributed by atoms with Gasteiger partial charge < -0.3 is 25.0 Å². The van der Waals surface area contributed by atoms with Gasteiger partial charge in [-0.2, -0.15) is 11.8 Å². The highest BCUT2D eigenvalue weighted by Gasteiger charge is 2.63. The lowest BCUT2D eigenvalue weighted by molar-refractivity contribution is -0.150. The molecule has 5 rings (SSSR count). The molecule has 1 aromatic rings. The van der Waals surface area contributed by atoms with E-state index in [1.807, 2.05) is 36.0 Å². The van der Waals surface area contributed by atoms with Crippen molar-refractivity contribution in [3.63, 3.8) is 0 Å². The summed E-state index contributed by atoms with van der Waals surface area (Å²) in [4.78, 5) is 57.9. The number of fused-ring (bicyclic) bond motifs is 2. The Morgan fingerprint density at radius 1 is 1.06 bits per heavy atom. The molecule has 52 heavy (non-hydrogen) atoms. The molecule has 1 aromatic carbocycles. The summed E-state index contributed by atoms with van der Waals surface area (Å²) in [5.41, 5.74) is 0.417. The number of ether oxygens (including phenoxy) is 2. The zero-order valence-corrected chi connectivity index (χ0v) is 32.8. The zero-order chi connectivity index (χ0) is 37.5. The van der Waals surface area contributed by atoms with Crippen molar-refractivity contribution in [2.24, 2.45) is 17.8 Å². The van der Waals surface area contributed by atoms with E-state index < -0.39 is 40.0 Å². The predicted octanol–water partition coefficient (Wildman–Crippen LogP) is 7.62.